The minimum Gasteiger partial charge on any atom is -0.550 e. The fraction of sp³-hybridized carbons (Fsp3) is 0.500. The van der Waals surface area contributed by atoms with E-state index in [0.717, 1.165) is 0 Å². The summed E-state index contributed by atoms with van der Waals surface area (Å²) in [7, 11) is 0. The third kappa shape index (κ3) is 26.6. The molecule has 0 rings (SSSR count). The molecule has 0 radical (unpaired) electrons. The standard InChI is InChI=1S/2C6H8O6.Zn/c2*7-4(8)1-2-6(11)12-3-5(9)10;/h2*1-3H2,(H,7,8)(H,9,10);/q;;+2/p-2. The van der Waals surface area contributed by atoms with Crippen LogP contribution in [0, 0.1) is 0 Å². The number of esters is 2. The SMILES string of the molecule is O=C([O-])CCC(=O)OCC(=O)O.O=C([O-])CCC(=O)OCC(=O)O.[Zn+2]. The van der Waals surface area contributed by atoms with Crippen LogP contribution in [-0.4, -0.2) is 59.2 Å². The number of carbonyl (C=O) groups is 6. The average molecular weight is 416 g/mol. The Morgan fingerprint density at radius 2 is 0.920 bits per heavy atom. The first kappa shape index (κ1) is 27.3. The molecule has 0 heterocycles. The average Bonchev–Trinajstić information content (AvgIpc) is 2.47. The van der Waals surface area contributed by atoms with E-state index in [-0.39, 0.29) is 32.3 Å². The third-order valence-corrected chi connectivity index (χ3v) is 1.78. The van der Waals surface area contributed by atoms with Crippen molar-refractivity contribution in [3.8, 4) is 0 Å². The van der Waals surface area contributed by atoms with Gasteiger partial charge in [0.15, 0.2) is 13.2 Å². The van der Waals surface area contributed by atoms with E-state index < -0.39 is 61.9 Å². The molecule has 2 N–H and O–H groups in total. The van der Waals surface area contributed by atoms with Crippen molar-refractivity contribution >= 4 is 35.8 Å². The molecule has 0 saturated carbocycles. The van der Waals surface area contributed by atoms with Gasteiger partial charge >= 0.3 is 43.4 Å². The second-order valence-electron chi connectivity index (χ2n) is 3.85. The number of hydrogen-bond acceptors (Lipinski definition) is 10. The van der Waals surface area contributed by atoms with Gasteiger partial charge in [0.1, 0.15) is 0 Å². The van der Waals surface area contributed by atoms with E-state index in [4.69, 9.17) is 10.2 Å². The number of carboxylic acid groups (broad SMARTS) is 4. The van der Waals surface area contributed by atoms with Gasteiger partial charge in [-0.15, -0.1) is 0 Å². The van der Waals surface area contributed by atoms with Gasteiger partial charge in [-0.25, -0.2) is 9.59 Å². The van der Waals surface area contributed by atoms with Crippen molar-refractivity contribution in [3.63, 3.8) is 0 Å². The minimum absolute atomic E-state index is 0. The summed E-state index contributed by atoms with van der Waals surface area (Å²) in [4.78, 5) is 60.2. The second kappa shape index (κ2) is 16.3. The molecule has 0 bridgehead atoms. The van der Waals surface area contributed by atoms with Crippen LogP contribution >= 0.6 is 0 Å². The summed E-state index contributed by atoms with van der Waals surface area (Å²) >= 11 is 0. The molecule has 0 aliphatic heterocycles. The molecule has 0 aromatic heterocycles. The Hall–Kier alpha value is -2.56. The first-order valence-electron chi connectivity index (χ1n) is 6.19. The Kier molecular flexibility index (Phi) is 17.8. The largest absolute Gasteiger partial charge is 2.00 e. The Balaban J connectivity index is -0.000000372. The molecule has 0 unspecified atom stereocenters. The number of rotatable bonds is 10. The quantitative estimate of drug-likeness (QED) is 0.261. The molecule has 0 amide bonds. The van der Waals surface area contributed by atoms with Gasteiger partial charge in [-0.1, -0.05) is 0 Å². The van der Waals surface area contributed by atoms with Crippen molar-refractivity contribution in [2.24, 2.45) is 0 Å². The van der Waals surface area contributed by atoms with Gasteiger partial charge in [-0.3, -0.25) is 9.59 Å². The van der Waals surface area contributed by atoms with Crippen LogP contribution in [0.3, 0.4) is 0 Å². The monoisotopic (exact) mass is 414 g/mol. The van der Waals surface area contributed by atoms with E-state index in [1.807, 2.05) is 0 Å². The fourth-order valence-electron chi connectivity index (χ4n) is 0.837. The Morgan fingerprint density at radius 1 is 0.640 bits per heavy atom. The van der Waals surface area contributed by atoms with Crippen LogP contribution in [0.25, 0.3) is 0 Å². The van der Waals surface area contributed by atoms with E-state index >= 15 is 0 Å². The molecular formula is C12H14O12Zn. The third-order valence-electron chi connectivity index (χ3n) is 1.78. The number of carboxylic acids is 4. The van der Waals surface area contributed by atoms with Gasteiger partial charge in [-0.2, -0.15) is 0 Å². The van der Waals surface area contributed by atoms with Gasteiger partial charge in [-0.05, 0) is 12.8 Å². The molecule has 0 saturated heterocycles. The van der Waals surface area contributed by atoms with E-state index in [9.17, 15) is 39.0 Å². The van der Waals surface area contributed by atoms with Gasteiger partial charge in [0, 0.05) is 11.9 Å². The number of aliphatic carboxylic acids is 4. The van der Waals surface area contributed by atoms with Crippen molar-refractivity contribution < 1.29 is 78.1 Å². The van der Waals surface area contributed by atoms with Gasteiger partial charge in [0.2, 0.25) is 0 Å². The number of ether oxygens (including phenoxy) is 2. The molecule has 0 aliphatic carbocycles. The van der Waals surface area contributed by atoms with E-state index in [1.165, 1.54) is 0 Å². The van der Waals surface area contributed by atoms with Crippen LogP contribution in [0.1, 0.15) is 25.7 Å². The van der Waals surface area contributed by atoms with Crippen LogP contribution in [0.5, 0.6) is 0 Å². The Labute approximate surface area is 153 Å². The van der Waals surface area contributed by atoms with E-state index in [1.54, 1.807) is 0 Å². The van der Waals surface area contributed by atoms with E-state index in [2.05, 4.69) is 9.47 Å². The number of carbonyl (C=O) groups excluding carboxylic acids is 4. The minimum atomic E-state index is -1.37. The van der Waals surface area contributed by atoms with Gasteiger partial charge < -0.3 is 39.5 Å². The molecule has 0 atom stereocenters. The van der Waals surface area contributed by atoms with Crippen molar-refractivity contribution in [2.75, 3.05) is 13.2 Å². The maximum atomic E-state index is 10.5. The summed E-state index contributed by atoms with van der Waals surface area (Å²) in [5.74, 6) is -7.03. The predicted molar refractivity (Wildman–Crippen MR) is 65.7 cm³/mol. The maximum Gasteiger partial charge on any atom is 2.00 e. The summed E-state index contributed by atoms with van der Waals surface area (Å²) in [6, 6.07) is 0. The molecule has 0 fully saturated rings. The molecule has 0 aliphatic rings. The Bertz CT molecular complexity index is 402. The summed E-state index contributed by atoms with van der Waals surface area (Å²) in [6.45, 7) is -1.49. The van der Waals surface area contributed by atoms with Crippen molar-refractivity contribution in [1.82, 2.24) is 0 Å². The molecule has 0 spiro atoms. The molecular weight excluding hydrogens is 402 g/mol. The van der Waals surface area contributed by atoms with Crippen molar-refractivity contribution in [3.05, 3.63) is 0 Å². The first-order valence-corrected chi connectivity index (χ1v) is 6.19. The van der Waals surface area contributed by atoms with Crippen LogP contribution in [0.15, 0.2) is 0 Å². The summed E-state index contributed by atoms with van der Waals surface area (Å²) in [6.07, 6.45) is -1.65. The molecule has 0 aromatic carbocycles. The summed E-state index contributed by atoms with van der Waals surface area (Å²) in [5.41, 5.74) is 0. The van der Waals surface area contributed by atoms with Gasteiger partial charge in [0.25, 0.3) is 0 Å². The molecule has 13 heteroatoms. The summed E-state index contributed by atoms with van der Waals surface area (Å²) < 4.78 is 8.25. The zero-order valence-corrected chi connectivity index (χ0v) is 15.9. The van der Waals surface area contributed by atoms with Crippen LogP contribution < -0.4 is 10.2 Å². The van der Waals surface area contributed by atoms with Gasteiger partial charge in [0.05, 0.1) is 12.8 Å². The van der Waals surface area contributed by atoms with E-state index in [0.29, 0.717) is 0 Å². The van der Waals surface area contributed by atoms with Crippen molar-refractivity contribution in [2.45, 2.75) is 25.7 Å². The van der Waals surface area contributed by atoms with Crippen molar-refractivity contribution in [1.29, 1.82) is 0 Å². The molecule has 136 valence electrons. The molecule has 25 heavy (non-hydrogen) atoms. The van der Waals surface area contributed by atoms with Crippen LogP contribution in [0.2, 0.25) is 0 Å². The zero-order valence-electron chi connectivity index (χ0n) is 12.9. The topological polar surface area (TPSA) is 207 Å². The van der Waals surface area contributed by atoms with Crippen LogP contribution in [0.4, 0.5) is 0 Å². The first-order chi connectivity index (χ1) is 11.0. The smallest absolute Gasteiger partial charge is 0.550 e. The van der Waals surface area contributed by atoms with Crippen LogP contribution in [-0.2, 0) is 57.7 Å². The predicted octanol–water partition coefficient (Wildman–Crippen LogP) is -3.71. The maximum absolute atomic E-state index is 10.5. The summed E-state index contributed by atoms with van der Waals surface area (Å²) in [5, 5.41) is 35.7. The fourth-order valence-corrected chi connectivity index (χ4v) is 0.837. The normalized spacial score (nSPS) is 8.64. The molecule has 0 aromatic rings. The number of hydrogen-bond donors (Lipinski definition) is 2. The zero-order chi connectivity index (χ0) is 19.1. The molecule has 12 nitrogen and oxygen atoms in total. The second-order valence-corrected chi connectivity index (χ2v) is 3.85. The Morgan fingerprint density at radius 3 is 1.12 bits per heavy atom.